The quantitative estimate of drug-likeness (QED) is 0.744. The van der Waals surface area contributed by atoms with Gasteiger partial charge in [-0.25, -0.2) is 17.9 Å². The third-order valence-corrected chi connectivity index (χ3v) is 4.24. The van der Waals surface area contributed by atoms with Gasteiger partial charge in [-0.1, -0.05) is 12.1 Å². The molecular formula is C14H19NO5S. The molecule has 0 aromatic heterocycles. The van der Waals surface area contributed by atoms with Crippen LogP contribution in [0.15, 0.2) is 35.2 Å². The van der Waals surface area contributed by atoms with Crippen LogP contribution < -0.4 is 4.72 Å². The molecule has 1 aromatic carbocycles. The lowest BCUT2D eigenvalue weighted by Crippen LogP contribution is -2.46. The number of rotatable bonds is 7. The zero-order valence-electron chi connectivity index (χ0n) is 12.2. The first-order chi connectivity index (χ1) is 9.66. The molecule has 0 saturated heterocycles. The van der Waals surface area contributed by atoms with Crippen molar-refractivity contribution in [2.75, 3.05) is 13.7 Å². The molecule has 1 aromatic rings. The summed E-state index contributed by atoms with van der Waals surface area (Å²) in [5, 5.41) is 8.53. The summed E-state index contributed by atoms with van der Waals surface area (Å²) in [6, 6.07) is 5.92. The van der Waals surface area contributed by atoms with Gasteiger partial charge in [0.05, 0.1) is 17.0 Å². The number of benzene rings is 1. The van der Waals surface area contributed by atoms with Gasteiger partial charge in [0.2, 0.25) is 10.0 Å². The van der Waals surface area contributed by atoms with Crippen molar-refractivity contribution in [1.29, 1.82) is 0 Å². The zero-order valence-corrected chi connectivity index (χ0v) is 13.0. The van der Waals surface area contributed by atoms with Crippen molar-refractivity contribution >= 4 is 22.1 Å². The molecule has 21 heavy (non-hydrogen) atoms. The van der Waals surface area contributed by atoms with E-state index in [-0.39, 0.29) is 11.5 Å². The molecule has 2 N–H and O–H groups in total. The van der Waals surface area contributed by atoms with Gasteiger partial charge in [0, 0.05) is 13.2 Å². The summed E-state index contributed by atoms with van der Waals surface area (Å²) >= 11 is 0. The van der Waals surface area contributed by atoms with Gasteiger partial charge < -0.3 is 9.84 Å². The summed E-state index contributed by atoms with van der Waals surface area (Å²) in [6.45, 7) is 3.68. The fourth-order valence-electron chi connectivity index (χ4n) is 1.74. The molecule has 6 nitrogen and oxygen atoms in total. The van der Waals surface area contributed by atoms with E-state index in [1.54, 1.807) is 13.8 Å². The fraction of sp³-hybridized carbons (Fsp3) is 0.357. The molecule has 0 radical (unpaired) electrons. The van der Waals surface area contributed by atoms with E-state index in [4.69, 9.17) is 9.84 Å². The first-order valence-electron chi connectivity index (χ1n) is 6.20. The van der Waals surface area contributed by atoms with E-state index in [1.165, 1.54) is 37.5 Å². The van der Waals surface area contributed by atoms with Crippen molar-refractivity contribution in [3.63, 3.8) is 0 Å². The Morgan fingerprint density at radius 3 is 2.38 bits per heavy atom. The lowest BCUT2D eigenvalue weighted by Gasteiger charge is -2.24. The predicted octanol–water partition coefficient (Wildman–Crippen LogP) is 1.49. The summed E-state index contributed by atoms with van der Waals surface area (Å²) in [6.07, 6.45) is 2.38. The van der Waals surface area contributed by atoms with Gasteiger partial charge in [0.15, 0.2) is 0 Å². The number of aliphatic carboxylic acids is 1. The SMILES string of the molecule is COCC(C)(C)NS(=O)(=O)c1ccc(/C=C/C(=O)O)cc1. The molecule has 0 amide bonds. The molecule has 7 heteroatoms. The second-order valence-corrected chi connectivity index (χ2v) is 6.85. The minimum absolute atomic E-state index is 0.110. The van der Waals surface area contributed by atoms with Crippen molar-refractivity contribution in [1.82, 2.24) is 4.72 Å². The summed E-state index contributed by atoms with van der Waals surface area (Å²) in [4.78, 5) is 10.5. The molecule has 0 aliphatic carbocycles. The molecule has 0 heterocycles. The molecule has 0 atom stereocenters. The number of hydrogen-bond acceptors (Lipinski definition) is 4. The Hall–Kier alpha value is -1.70. The van der Waals surface area contributed by atoms with E-state index < -0.39 is 21.5 Å². The Labute approximate surface area is 124 Å². The Morgan fingerprint density at radius 2 is 1.90 bits per heavy atom. The first-order valence-corrected chi connectivity index (χ1v) is 7.69. The van der Waals surface area contributed by atoms with Crippen molar-refractivity contribution in [2.24, 2.45) is 0 Å². The maximum absolute atomic E-state index is 12.2. The molecule has 0 aliphatic rings. The average molecular weight is 313 g/mol. The monoisotopic (exact) mass is 313 g/mol. The van der Waals surface area contributed by atoms with E-state index in [2.05, 4.69) is 4.72 Å². The Morgan fingerprint density at radius 1 is 1.33 bits per heavy atom. The van der Waals surface area contributed by atoms with Gasteiger partial charge in [0.1, 0.15) is 0 Å². The van der Waals surface area contributed by atoms with Crippen LogP contribution in [0.4, 0.5) is 0 Å². The van der Waals surface area contributed by atoms with Crippen molar-refractivity contribution < 1.29 is 23.1 Å². The van der Waals surface area contributed by atoms with Crippen LogP contribution >= 0.6 is 0 Å². The topological polar surface area (TPSA) is 92.7 Å². The Bertz CT molecular complexity index is 617. The van der Waals surface area contributed by atoms with Crippen LogP contribution in [0.3, 0.4) is 0 Å². The summed E-state index contributed by atoms with van der Waals surface area (Å²) in [5.74, 6) is -1.06. The molecule has 0 fully saturated rings. The number of methoxy groups -OCH3 is 1. The molecule has 1 rings (SSSR count). The lowest BCUT2D eigenvalue weighted by atomic mass is 10.1. The van der Waals surface area contributed by atoms with Crippen LogP contribution in [0.1, 0.15) is 19.4 Å². The maximum Gasteiger partial charge on any atom is 0.328 e. The molecule has 116 valence electrons. The summed E-state index contributed by atoms with van der Waals surface area (Å²) in [5.41, 5.74) is -0.123. The van der Waals surface area contributed by atoms with Gasteiger partial charge in [-0.3, -0.25) is 0 Å². The van der Waals surface area contributed by atoms with Gasteiger partial charge in [-0.2, -0.15) is 0 Å². The zero-order chi connectivity index (χ0) is 16.1. The van der Waals surface area contributed by atoms with Gasteiger partial charge in [-0.05, 0) is 37.6 Å². The maximum atomic E-state index is 12.2. The van der Waals surface area contributed by atoms with Crippen LogP contribution in [0.5, 0.6) is 0 Å². The number of ether oxygens (including phenoxy) is 1. The smallest absolute Gasteiger partial charge is 0.328 e. The van der Waals surface area contributed by atoms with Crippen LogP contribution in [-0.2, 0) is 19.6 Å². The van der Waals surface area contributed by atoms with Gasteiger partial charge in [-0.15, -0.1) is 0 Å². The highest BCUT2D eigenvalue weighted by atomic mass is 32.2. The fourth-order valence-corrected chi connectivity index (χ4v) is 3.14. The van der Waals surface area contributed by atoms with Crippen LogP contribution in [0.25, 0.3) is 6.08 Å². The standard InChI is InChI=1S/C14H19NO5S/c1-14(2,10-20-3)15-21(18,19)12-7-4-11(5-8-12)6-9-13(16)17/h4-9,15H,10H2,1-3H3,(H,16,17)/b9-6+. The number of carboxylic acid groups (broad SMARTS) is 1. The minimum atomic E-state index is -3.66. The predicted molar refractivity (Wildman–Crippen MR) is 79.4 cm³/mol. The average Bonchev–Trinajstić information content (AvgIpc) is 2.35. The van der Waals surface area contributed by atoms with Crippen molar-refractivity contribution in [3.8, 4) is 0 Å². The highest BCUT2D eigenvalue weighted by Gasteiger charge is 2.25. The van der Waals surface area contributed by atoms with Crippen LogP contribution in [-0.4, -0.2) is 38.7 Å². The molecular weight excluding hydrogens is 294 g/mol. The Balaban J connectivity index is 2.92. The van der Waals surface area contributed by atoms with Crippen LogP contribution in [0, 0.1) is 0 Å². The highest BCUT2D eigenvalue weighted by Crippen LogP contribution is 2.15. The lowest BCUT2D eigenvalue weighted by molar-refractivity contribution is -0.131. The minimum Gasteiger partial charge on any atom is -0.478 e. The second kappa shape index (κ2) is 6.84. The molecule has 0 unspecified atom stereocenters. The van der Waals surface area contributed by atoms with E-state index in [1.807, 2.05) is 0 Å². The normalized spacial score (nSPS) is 12.7. The van der Waals surface area contributed by atoms with Crippen LogP contribution in [0.2, 0.25) is 0 Å². The molecule has 0 bridgehead atoms. The number of carboxylic acids is 1. The van der Waals surface area contributed by atoms with E-state index in [0.29, 0.717) is 5.56 Å². The second-order valence-electron chi connectivity index (χ2n) is 5.16. The molecule has 0 aliphatic heterocycles. The molecule has 0 saturated carbocycles. The van der Waals surface area contributed by atoms with E-state index >= 15 is 0 Å². The molecule has 0 spiro atoms. The summed E-state index contributed by atoms with van der Waals surface area (Å²) < 4.78 is 32.0. The Kier molecular flexibility index (Phi) is 5.65. The van der Waals surface area contributed by atoms with Crippen molar-refractivity contribution in [3.05, 3.63) is 35.9 Å². The van der Waals surface area contributed by atoms with E-state index in [0.717, 1.165) is 6.08 Å². The number of nitrogens with one attached hydrogen (secondary N) is 1. The highest BCUT2D eigenvalue weighted by molar-refractivity contribution is 7.89. The third-order valence-electron chi connectivity index (χ3n) is 2.52. The summed E-state index contributed by atoms with van der Waals surface area (Å²) in [7, 11) is -2.16. The number of sulfonamides is 1. The third kappa shape index (κ3) is 5.66. The largest absolute Gasteiger partial charge is 0.478 e. The van der Waals surface area contributed by atoms with E-state index in [9.17, 15) is 13.2 Å². The van der Waals surface area contributed by atoms with Gasteiger partial charge >= 0.3 is 5.97 Å². The van der Waals surface area contributed by atoms with Gasteiger partial charge in [0.25, 0.3) is 0 Å². The number of hydrogen-bond donors (Lipinski definition) is 2. The first kappa shape index (κ1) is 17.4. The number of carbonyl (C=O) groups is 1. The van der Waals surface area contributed by atoms with Crippen molar-refractivity contribution in [2.45, 2.75) is 24.3 Å².